The quantitative estimate of drug-likeness (QED) is 0.914. The summed E-state index contributed by atoms with van der Waals surface area (Å²) < 4.78 is 18.4. The third kappa shape index (κ3) is 3.98. The summed E-state index contributed by atoms with van der Waals surface area (Å²) >= 11 is 5.88. The maximum atomic E-state index is 13.0. The zero-order valence-electron chi connectivity index (χ0n) is 12.8. The first kappa shape index (κ1) is 16.6. The molecule has 24 heavy (non-hydrogen) atoms. The second-order valence-corrected chi connectivity index (χ2v) is 5.64. The van der Waals surface area contributed by atoms with Crippen LogP contribution in [-0.4, -0.2) is 42.2 Å². The molecule has 2 heterocycles. The number of nitrogens with one attached hydrogen (secondary N) is 1. The molecule has 1 fully saturated rings. The van der Waals surface area contributed by atoms with Crippen molar-refractivity contribution in [1.29, 1.82) is 0 Å². The zero-order chi connectivity index (χ0) is 16.9. The highest BCUT2D eigenvalue weighted by Gasteiger charge is 2.14. The van der Waals surface area contributed by atoms with Crippen LogP contribution in [0.15, 0.2) is 30.5 Å². The predicted octanol–water partition coefficient (Wildman–Crippen LogP) is 2.04. The number of halogens is 2. The van der Waals surface area contributed by atoms with Gasteiger partial charge in [-0.2, -0.15) is 0 Å². The SMILES string of the molecule is O=C(NCc1nccc(N2CCOCC2)n1)c1ccc(F)cc1Cl. The van der Waals surface area contributed by atoms with E-state index in [4.69, 9.17) is 16.3 Å². The van der Waals surface area contributed by atoms with Gasteiger partial charge in [0.15, 0.2) is 0 Å². The smallest absolute Gasteiger partial charge is 0.253 e. The molecule has 1 aliphatic rings. The number of hydrogen-bond donors (Lipinski definition) is 1. The molecular formula is C16H16ClFN4O2. The number of morpholine rings is 1. The van der Waals surface area contributed by atoms with Gasteiger partial charge in [0.05, 0.1) is 30.3 Å². The van der Waals surface area contributed by atoms with Crippen LogP contribution in [0, 0.1) is 5.82 Å². The lowest BCUT2D eigenvalue weighted by atomic mass is 10.2. The largest absolute Gasteiger partial charge is 0.378 e. The van der Waals surface area contributed by atoms with Crippen LogP contribution in [0.5, 0.6) is 0 Å². The van der Waals surface area contributed by atoms with Crippen molar-refractivity contribution < 1.29 is 13.9 Å². The molecule has 3 rings (SSSR count). The summed E-state index contributed by atoms with van der Waals surface area (Å²) in [6.07, 6.45) is 1.66. The van der Waals surface area contributed by atoms with Gasteiger partial charge in [0.25, 0.3) is 5.91 Å². The molecule has 0 bridgehead atoms. The van der Waals surface area contributed by atoms with Crippen molar-refractivity contribution in [3.63, 3.8) is 0 Å². The number of carbonyl (C=O) groups is 1. The number of nitrogens with zero attached hydrogens (tertiary/aromatic N) is 3. The van der Waals surface area contributed by atoms with Gasteiger partial charge in [0.2, 0.25) is 0 Å². The van der Waals surface area contributed by atoms with Crippen molar-refractivity contribution in [3.05, 3.63) is 52.7 Å². The van der Waals surface area contributed by atoms with Gasteiger partial charge in [0.1, 0.15) is 17.5 Å². The van der Waals surface area contributed by atoms with E-state index in [2.05, 4.69) is 20.2 Å². The fourth-order valence-corrected chi connectivity index (χ4v) is 2.62. The second kappa shape index (κ2) is 7.55. The van der Waals surface area contributed by atoms with Gasteiger partial charge >= 0.3 is 0 Å². The minimum absolute atomic E-state index is 0.0653. The summed E-state index contributed by atoms with van der Waals surface area (Å²) in [5.74, 6) is 0.404. The molecule has 2 aromatic rings. The van der Waals surface area contributed by atoms with E-state index in [9.17, 15) is 9.18 Å². The maximum Gasteiger partial charge on any atom is 0.253 e. The van der Waals surface area contributed by atoms with Crippen LogP contribution in [0.1, 0.15) is 16.2 Å². The van der Waals surface area contributed by atoms with E-state index in [1.54, 1.807) is 6.20 Å². The van der Waals surface area contributed by atoms with Crippen molar-refractivity contribution in [2.75, 3.05) is 31.2 Å². The lowest BCUT2D eigenvalue weighted by molar-refractivity contribution is 0.0950. The van der Waals surface area contributed by atoms with Crippen molar-refractivity contribution in [3.8, 4) is 0 Å². The first-order chi connectivity index (χ1) is 11.6. The van der Waals surface area contributed by atoms with Crippen LogP contribution < -0.4 is 10.2 Å². The molecule has 0 spiro atoms. The monoisotopic (exact) mass is 350 g/mol. The van der Waals surface area contributed by atoms with E-state index in [1.165, 1.54) is 12.1 Å². The van der Waals surface area contributed by atoms with Gasteiger partial charge in [-0.3, -0.25) is 4.79 Å². The van der Waals surface area contributed by atoms with Crippen molar-refractivity contribution >= 4 is 23.3 Å². The van der Waals surface area contributed by atoms with Crippen LogP contribution in [0.4, 0.5) is 10.2 Å². The van der Waals surface area contributed by atoms with Gasteiger partial charge in [-0.1, -0.05) is 11.6 Å². The highest BCUT2D eigenvalue weighted by Crippen LogP contribution is 2.17. The summed E-state index contributed by atoms with van der Waals surface area (Å²) in [6.45, 7) is 3.03. The molecule has 1 aromatic heterocycles. The van der Waals surface area contributed by atoms with Gasteiger partial charge in [-0.05, 0) is 24.3 Å². The third-order valence-electron chi connectivity index (χ3n) is 3.61. The number of aromatic nitrogens is 2. The molecule has 126 valence electrons. The highest BCUT2D eigenvalue weighted by atomic mass is 35.5. The molecule has 1 amide bonds. The van der Waals surface area contributed by atoms with Gasteiger partial charge in [-0.25, -0.2) is 14.4 Å². The Morgan fingerprint density at radius 3 is 2.88 bits per heavy atom. The normalized spacial score (nSPS) is 14.5. The fourth-order valence-electron chi connectivity index (χ4n) is 2.37. The number of carbonyl (C=O) groups excluding carboxylic acids is 1. The Hall–Kier alpha value is -2.25. The molecule has 0 unspecified atom stereocenters. The van der Waals surface area contributed by atoms with E-state index in [1.807, 2.05) is 6.07 Å². The molecule has 1 N–H and O–H groups in total. The van der Waals surface area contributed by atoms with Crippen molar-refractivity contribution in [2.45, 2.75) is 6.54 Å². The fraction of sp³-hybridized carbons (Fsp3) is 0.312. The van der Waals surface area contributed by atoms with E-state index in [0.29, 0.717) is 19.0 Å². The van der Waals surface area contributed by atoms with Crippen LogP contribution >= 0.6 is 11.6 Å². The molecule has 1 aromatic carbocycles. The van der Waals surface area contributed by atoms with Gasteiger partial charge < -0.3 is 15.0 Å². The average Bonchev–Trinajstić information content (AvgIpc) is 2.61. The van der Waals surface area contributed by atoms with Gasteiger partial charge in [-0.15, -0.1) is 0 Å². The van der Waals surface area contributed by atoms with Crippen LogP contribution in [-0.2, 0) is 11.3 Å². The zero-order valence-corrected chi connectivity index (χ0v) is 13.6. The van der Waals surface area contributed by atoms with Gasteiger partial charge in [0, 0.05) is 19.3 Å². The first-order valence-corrected chi connectivity index (χ1v) is 7.89. The van der Waals surface area contributed by atoms with Crippen LogP contribution in [0.25, 0.3) is 0 Å². The Morgan fingerprint density at radius 1 is 1.33 bits per heavy atom. The number of hydrogen-bond acceptors (Lipinski definition) is 5. The summed E-state index contributed by atoms with van der Waals surface area (Å²) in [4.78, 5) is 22.9. The lowest BCUT2D eigenvalue weighted by Crippen LogP contribution is -2.37. The third-order valence-corrected chi connectivity index (χ3v) is 3.92. The molecule has 6 nitrogen and oxygen atoms in total. The lowest BCUT2D eigenvalue weighted by Gasteiger charge is -2.27. The topological polar surface area (TPSA) is 67.4 Å². The Kier molecular flexibility index (Phi) is 5.22. The molecule has 0 aliphatic carbocycles. The number of benzene rings is 1. The molecule has 0 atom stereocenters. The molecule has 1 saturated heterocycles. The van der Waals surface area contributed by atoms with E-state index in [-0.39, 0.29) is 17.1 Å². The summed E-state index contributed by atoms with van der Waals surface area (Å²) in [6, 6.07) is 5.47. The number of ether oxygens (including phenoxy) is 1. The molecule has 1 aliphatic heterocycles. The number of anilines is 1. The van der Waals surface area contributed by atoms with Crippen LogP contribution in [0.3, 0.4) is 0 Å². The van der Waals surface area contributed by atoms with E-state index >= 15 is 0 Å². The average molecular weight is 351 g/mol. The minimum Gasteiger partial charge on any atom is -0.378 e. The Bertz CT molecular complexity index is 738. The molecule has 8 heteroatoms. The minimum atomic E-state index is -0.488. The summed E-state index contributed by atoms with van der Waals surface area (Å²) in [5, 5.41) is 2.76. The standard InChI is InChI=1S/C16H16ClFN4O2/c17-13-9-11(18)1-2-12(13)16(23)20-10-14-19-4-3-15(21-14)22-5-7-24-8-6-22/h1-4,9H,5-8,10H2,(H,20,23). The predicted molar refractivity (Wildman–Crippen MR) is 87.6 cm³/mol. The number of rotatable bonds is 4. The van der Waals surface area contributed by atoms with Crippen LogP contribution in [0.2, 0.25) is 5.02 Å². The molecule has 0 saturated carbocycles. The second-order valence-electron chi connectivity index (χ2n) is 5.24. The summed E-state index contributed by atoms with van der Waals surface area (Å²) in [5.41, 5.74) is 0.211. The number of amides is 1. The Balaban J connectivity index is 1.64. The summed E-state index contributed by atoms with van der Waals surface area (Å²) in [7, 11) is 0. The van der Waals surface area contributed by atoms with Crippen molar-refractivity contribution in [2.24, 2.45) is 0 Å². The van der Waals surface area contributed by atoms with E-state index < -0.39 is 11.7 Å². The first-order valence-electron chi connectivity index (χ1n) is 7.51. The maximum absolute atomic E-state index is 13.0. The highest BCUT2D eigenvalue weighted by molar-refractivity contribution is 6.33. The van der Waals surface area contributed by atoms with E-state index in [0.717, 1.165) is 25.0 Å². The Labute approximate surface area is 143 Å². The molecular weight excluding hydrogens is 335 g/mol. The van der Waals surface area contributed by atoms with Crippen molar-refractivity contribution in [1.82, 2.24) is 15.3 Å². The Morgan fingerprint density at radius 2 is 2.12 bits per heavy atom. The molecule has 0 radical (unpaired) electrons.